The van der Waals surface area contributed by atoms with Gasteiger partial charge in [0.2, 0.25) is 11.8 Å². The van der Waals surface area contributed by atoms with Crippen LogP contribution >= 0.6 is 0 Å². The number of carbonyl (C=O) groups excluding carboxylic acids is 2. The molecule has 2 saturated heterocycles. The van der Waals surface area contributed by atoms with Crippen molar-refractivity contribution in [2.24, 2.45) is 0 Å². The normalized spacial score (nSPS) is 25.5. The number of morpholine rings is 2. The lowest BCUT2D eigenvalue weighted by molar-refractivity contribution is -0.154. The number of carbonyl (C=O) groups is 2. The van der Waals surface area contributed by atoms with Crippen molar-refractivity contribution in [3.8, 4) is 0 Å². The van der Waals surface area contributed by atoms with Crippen molar-refractivity contribution in [3.05, 3.63) is 35.9 Å². The first-order valence-electron chi connectivity index (χ1n) is 7.96. The van der Waals surface area contributed by atoms with Crippen LogP contribution in [-0.4, -0.2) is 67.2 Å². The average Bonchev–Trinajstić information content (AvgIpc) is 2.57. The lowest BCUT2D eigenvalue weighted by atomic mass is 10.0. The maximum Gasteiger partial charge on any atom is 0.249 e. The highest BCUT2D eigenvalue weighted by molar-refractivity contribution is 5.86. The molecule has 0 aliphatic carbocycles. The van der Waals surface area contributed by atoms with Gasteiger partial charge in [-0.3, -0.25) is 9.59 Å². The van der Waals surface area contributed by atoms with Gasteiger partial charge in [-0.15, -0.1) is 0 Å². The molecule has 6 heteroatoms. The second-order valence-corrected chi connectivity index (χ2v) is 5.98. The van der Waals surface area contributed by atoms with E-state index in [1.807, 2.05) is 42.2 Å². The van der Waals surface area contributed by atoms with Crippen molar-refractivity contribution in [1.82, 2.24) is 9.80 Å². The number of hydrogen-bond donors (Lipinski definition) is 0. The number of nitrogens with zero attached hydrogens (tertiary/aromatic N) is 2. The maximum atomic E-state index is 12.8. The van der Waals surface area contributed by atoms with Gasteiger partial charge in [-0.25, -0.2) is 0 Å². The highest BCUT2D eigenvalue weighted by Gasteiger charge is 2.33. The van der Waals surface area contributed by atoms with Gasteiger partial charge in [0.15, 0.2) is 0 Å². The number of ether oxygens (including phenoxy) is 2. The summed E-state index contributed by atoms with van der Waals surface area (Å²) in [6.07, 6.45) is -0.000645. The summed E-state index contributed by atoms with van der Waals surface area (Å²) in [4.78, 5) is 28.0. The first-order valence-corrected chi connectivity index (χ1v) is 7.96. The average molecular weight is 318 g/mol. The topological polar surface area (TPSA) is 59.1 Å². The van der Waals surface area contributed by atoms with Crippen LogP contribution in [0.1, 0.15) is 18.5 Å². The molecule has 0 spiro atoms. The van der Waals surface area contributed by atoms with Crippen LogP contribution in [0.4, 0.5) is 0 Å². The molecule has 2 aliphatic rings. The van der Waals surface area contributed by atoms with E-state index in [0.29, 0.717) is 26.3 Å². The van der Waals surface area contributed by atoms with E-state index in [0.717, 1.165) is 5.56 Å². The number of rotatable bonds is 3. The van der Waals surface area contributed by atoms with E-state index >= 15 is 0 Å². The predicted octanol–water partition coefficient (Wildman–Crippen LogP) is 0.834. The van der Waals surface area contributed by atoms with Crippen molar-refractivity contribution in [2.45, 2.75) is 19.1 Å². The summed E-state index contributed by atoms with van der Waals surface area (Å²) in [7, 11) is 0. The zero-order valence-electron chi connectivity index (χ0n) is 13.3. The molecule has 3 rings (SSSR count). The van der Waals surface area contributed by atoms with Gasteiger partial charge in [-0.2, -0.15) is 0 Å². The van der Waals surface area contributed by atoms with Gasteiger partial charge in [0.1, 0.15) is 6.61 Å². The Morgan fingerprint density at radius 1 is 1.30 bits per heavy atom. The summed E-state index contributed by atoms with van der Waals surface area (Å²) < 4.78 is 10.9. The number of hydrogen-bond acceptors (Lipinski definition) is 4. The molecule has 0 aromatic heterocycles. The van der Waals surface area contributed by atoms with Crippen LogP contribution in [0.3, 0.4) is 0 Å². The minimum Gasteiger partial charge on any atom is -0.374 e. The maximum absolute atomic E-state index is 12.8. The van der Waals surface area contributed by atoms with Crippen LogP contribution < -0.4 is 0 Å². The van der Waals surface area contributed by atoms with E-state index < -0.39 is 0 Å². The first kappa shape index (κ1) is 16.0. The molecule has 2 atom stereocenters. The summed E-state index contributed by atoms with van der Waals surface area (Å²) in [5.41, 5.74) is 1.06. The highest BCUT2D eigenvalue weighted by Crippen LogP contribution is 2.26. The molecule has 0 radical (unpaired) electrons. The number of amides is 2. The van der Waals surface area contributed by atoms with Crippen molar-refractivity contribution >= 4 is 11.8 Å². The van der Waals surface area contributed by atoms with Gasteiger partial charge in [-0.05, 0) is 12.5 Å². The quantitative estimate of drug-likeness (QED) is 0.828. The van der Waals surface area contributed by atoms with Crippen LogP contribution in [-0.2, 0) is 19.1 Å². The summed E-state index contributed by atoms with van der Waals surface area (Å²) >= 11 is 0. The summed E-state index contributed by atoms with van der Waals surface area (Å²) in [6.45, 7) is 4.11. The molecule has 124 valence electrons. The Balaban J connectivity index is 1.73. The summed E-state index contributed by atoms with van der Waals surface area (Å²) in [5.74, 6) is -0.161. The SMILES string of the molecule is C[C@H]1CN(C(=O)CN2CCOCC2=O)[C@@H](c2ccccc2)CO1. The lowest BCUT2D eigenvalue weighted by Crippen LogP contribution is -2.52. The van der Waals surface area contributed by atoms with Gasteiger partial charge in [-0.1, -0.05) is 30.3 Å². The van der Waals surface area contributed by atoms with Crippen molar-refractivity contribution in [3.63, 3.8) is 0 Å². The predicted molar refractivity (Wildman–Crippen MR) is 83.7 cm³/mol. The third-order valence-corrected chi connectivity index (χ3v) is 4.28. The molecule has 2 heterocycles. The first-order chi connectivity index (χ1) is 11.1. The largest absolute Gasteiger partial charge is 0.374 e. The highest BCUT2D eigenvalue weighted by atomic mass is 16.5. The number of benzene rings is 1. The molecule has 0 saturated carbocycles. The smallest absolute Gasteiger partial charge is 0.249 e. The van der Waals surface area contributed by atoms with Gasteiger partial charge in [0, 0.05) is 13.1 Å². The second kappa shape index (κ2) is 7.10. The molecule has 0 unspecified atom stereocenters. The fourth-order valence-corrected chi connectivity index (χ4v) is 3.00. The Bertz CT molecular complexity index is 563. The molecule has 1 aromatic carbocycles. The minimum absolute atomic E-state index is 0.000645. The molecule has 0 N–H and O–H groups in total. The lowest BCUT2D eigenvalue weighted by Gasteiger charge is -2.40. The molecule has 6 nitrogen and oxygen atoms in total. The Kier molecular flexibility index (Phi) is 4.93. The fraction of sp³-hybridized carbons (Fsp3) is 0.529. The van der Waals surface area contributed by atoms with E-state index in [2.05, 4.69) is 0 Å². The van der Waals surface area contributed by atoms with Gasteiger partial charge in [0.25, 0.3) is 0 Å². The minimum atomic E-state index is -0.123. The van der Waals surface area contributed by atoms with Crippen LogP contribution in [0.25, 0.3) is 0 Å². The van der Waals surface area contributed by atoms with Crippen molar-refractivity contribution in [1.29, 1.82) is 0 Å². The second-order valence-electron chi connectivity index (χ2n) is 5.98. The molecule has 2 aliphatic heterocycles. The van der Waals surface area contributed by atoms with Crippen LogP contribution in [0.5, 0.6) is 0 Å². The summed E-state index contributed by atoms with van der Waals surface area (Å²) in [6, 6.07) is 9.78. The van der Waals surface area contributed by atoms with E-state index in [-0.39, 0.29) is 37.1 Å². The Hall–Kier alpha value is -1.92. The standard InChI is InChI=1S/C17H22N2O4/c1-13-9-19(15(11-23-13)14-5-3-2-4-6-14)16(20)10-18-7-8-22-12-17(18)21/h2-6,13,15H,7-12H2,1H3/t13-,15+/m0/s1. The van der Waals surface area contributed by atoms with Gasteiger partial charge < -0.3 is 19.3 Å². The van der Waals surface area contributed by atoms with Crippen molar-refractivity contribution < 1.29 is 19.1 Å². The van der Waals surface area contributed by atoms with E-state index in [4.69, 9.17) is 9.47 Å². The third kappa shape index (κ3) is 3.71. The zero-order valence-corrected chi connectivity index (χ0v) is 13.3. The molecule has 2 amide bonds. The Morgan fingerprint density at radius 2 is 2.09 bits per heavy atom. The van der Waals surface area contributed by atoms with Crippen molar-refractivity contribution in [2.75, 3.05) is 39.5 Å². The molecular weight excluding hydrogens is 296 g/mol. The Morgan fingerprint density at radius 3 is 2.83 bits per heavy atom. The van der Waals surface area contributed by atoms with Gasteiger partial charge >= 0.3 is 0 Å². The van der Waals surface area contributed by atoms with E-state index in [9.17, 15) is 9.59 Å². The Labute approximate surface area is 136 Å². The van der Waals surface area contributed by atoms with Gasteiger partial charge in [0.05, 0.1) is 31.9 Å². The van der Waals surface area contributed by atoms with Crippen LogP contribution in [0, 0.1) is 0 Å². The molecule has 2 fully saturated rings. The molecule has 23 heavy (non-hydrogen) atoms. The summed E-state index contributed by atoms with van der Waals surface area (Å²) in [5, 5.41) is 0. The van der Waals surface area contributed by atoms with Crippen LogP contribution in [0.15, 0.2) is 30.3 Å². The fourth-order valence-electron chi connectivity index (χ4n) is 3.00. The molecule has 1 aromatic rings. The van der Waals surface area contributed by atoms with Crippen LogP contribution in [0.2, 0.25) is 0 Å². The monoisotopic (exact) mass is 318 g/mol. The molecular formula is C17H22N2O4. The van der Waals surface area contributed by atoms with E-state index in [1.165, 1.54) is 0 Å². The van der Waals surface area contributed by atoms with E-state index in [1.54, 1.807) is 4.90 Å². The zero-order chi connectivity index (χ0) is 16.2. The third-order valence-electron chi connectivity index (χ3n) is 4.28. The molecule has 0 bridgehead atoms.